The molecule has 0 aromatic heterocycles. The fraction of sp³-hybridized carbons (Fsp3) is 0.0833. The van der Waals surface area contributed by atoms with Crippen LogP contribution in [0.4, 0.5) is 13.2 Å². The van der Waals surface area contributed by atoms with E-state index in [0.29, 0.717) is 5.39 Å². The van der Waals surface area contributed by atoms with E-state index in [0.717, 1.165) is 41.1 Å². The summed E-state index contributed by atoms with van der Waals surface area (Å²) in [7, 11) is 0. The third-order valence-corrected chi connectivity index (χ3v) is 4.82. The Kier molecular flexibility index (Phi) is 4.44. The number of aryl methyl sites for hydroxylation is 1. The molecule has 0 bridgehead atoms. The van der Waals surface area contributed by atoms with Crippen LogP contribution in [0.15, 0.2) is 72.8 Å². The molecule has 0 saturated heterocycles. The maximum absolute atomic E-state index is 15.0. The Hall–Kier alpha value is -3.07. The molecule has 0 heterocycles. The topological polar surface area (TPSA) is 0 Å². The van der Waals surface area contributed by atoms with E-state index in [9.17, 15) is 8.78 Å². The van der Waals surface area contributed by atoms with Crippen LogP contribution in [0.1, 0.15) is 12.5 Å². The van der Waals surface area contributed by atoms with Gasteiger partial charge in [-0.15, -0.1) is 0 Å². The Balaban J connectivity index is 1.80. The average molecular weight is 362 g/mol. The molecule has 0 amide bonds. The largest absolute Gasteiger partial charge is 0.207 e. The van der Waals surface area contributed by atoms with Gasteiger partial charge in [0.1, 0.15) is 17.5 Å². The van der Waals surface area contributed by atoms with Crippen molar-refractivity contribution in [2.75, 3.05) is 0 Å². The molecule has 4 rings (SSSR count). The molecule has 0 radical (unpaired) electrons. The highest BCUT2D eigenvalue weighted by Crippen LogP contribution is 2.32. The lowest BCUT2D eigenvalue weighted by Crippen LogP contribution is -1.90. The normalized spacial score (nSPS) is 11.1. The first-order chi connectivity index (χ1) is 13.0. The van der Waals surface area contributed by atoms with E-state index in [2.05, 4.69) is 31.2 Å². The van der Waals surface area contributed by atoms with Gasteiger partial charge in [-0.2, -0.15) is 0 Å². The van der Waals surface area contributed by atoms with Crippen molar-refractivity contribution in [3.05, 3.63) is 95.8 Å². The molecule has 0 atom stereocenters. The zero-order chi connectivity index (χ0) is 19.0. The third kappa shape index (κ3) is 3.33. The third-order valence-electron chi connectivity index (χ3n) is 4.82. The summed E-state index contributed by atoms with van der Waals surface area (Å²) >= 11 is 0. The van der Waals surface area contributed by atoms with E-state index in [-0.39, 0.29) is 11.1 Å². The van der Waals surface area contributed by atoms with Gasteiger partial charge in [-0.3, -0.25) is 0 Å². The van der Waals surface area contributed by atoms with Gasteiger partial charge in [0.25, 0.3) is 0 Å². The number of hydrogen-bond donors (Lipinski definition) is 0. The number of hydrogen-bond acceptors (Lipinski definition) is 0. The molecule has 3 heteroatoms. The van der Waals surface area contributed by atoms with Crippen molar-refractivity contribution in [2.45, 2.75) is 13.3 Å². The lowest BCUT2D eigenvalue weighted by atomic mass is 9.96. The van der Waals surface area contributed by atoms with Gasteiger partial charge < -0.3 is 0 Å². The SMILES string of the molecule is CCc1ccc(-c2ccc3c(F)c(-c4cc(F)cc(F)c4)ccc3c2)cc1. The van der Waals surface area contributed by atoms with Crippen LogP contribution in [0.25, 0.3) is 33.0 Å². The molecule has 4 aromatic carbocycles. The fourth-order valence-electron chi connectivity index (χ4n) is 3.34. The summed E-state index contributed by atoms with van der Waals surface area (Å²) in [6.07, 6.45) is 0.979. The zero-order valence-electron chi connectivity index (χ0n) is 14.8. The monoisotopic (exact) mass is 362 g/mol. The highest BCUT2D eigenvalue weighted by Gasteiger charge is 2.12. The van der Waals surface area contributed by atoms with Gasteiger partial charge >= 0.3 is 0 Å². The fourth-order valence-corrected chi connectivity index (χ4v) is 3.34. The summed E-state index contributed by atoms with van der Waals surface area (Å²) in [5, 5.41) is 1.16. The van der Waals surface area contributed by atoms with Crippen molar-refractivity contribution >= 4 is 10.8 Å². The summed E-state index contributed by atoms with van der Waals surface area (Å²) < 4.78 is 42.0. The van der Waals surface area contributed by atoms with Gasteiger partial charge in [0.05, 0.1) is 0 Å². The van der Waals surface area contributed by atoms with E-state index >= 15 is 4.39 Å². The van der Waals surface area contributed by atoms with Gasteiger partial charge in [-0.1, -0.05) is 55.5 Å². The van der Waals surface area contributed by atoms with Crippen LogP contribution in [0.3, 0.4) is 0 Å². The summed E-state index contributed by atoms with van der Waals surface area (Å²) in [4.78, 5) is 0. The molecule has 134 valence electrons. The first kappa shape index (κ1) is 17.3. The van der Waals surface area contributed by atoms with Crippen LogP contribution in [0.2, 0.25) is 0 Å². The Morgan fingerprint density at radius 1 is 0.630 bits per heavy atom. The first-order valence-electron chi connectivity index (χ1n) is 8.83. The highest BCUT2D eigenvalue weighted by molar-refractivity contribution is 5.91. The van der Waals surface area contributed by atoms with E-state index in [1.165, 1.54) is 5.56 Å². The van der Waals surface area contributed by atoms with Gasteiger partial charge in [-0.25, -0.2) is 13.2 Å². The number of rotatable bonds is 3. The Bertz CT molecular complexity index is 1110. The molecule has 0 spiro atoms. The molecule has 0 nitrogen and oxygen atoms in total. The van der Waals surface area contributed by atoms with Crippen LogP contribution >= 0.6 is 0 Å². The Morgan fingerprint density at radius 2 is 1.30 bits per heavy atom. The molecule has 0 aliphatic carbocycles. The van der Waals surface area contributed by atoms with Crippen molar-refractivity contribution in [3.8, 4) is 22.3 Å². The second-order valence-electron chi connectivity index (χ2n) is 6.57. The molecule has 0 saturated carbocycles. The van der Waals surface area contributed by atoms with Gasteiger partial charge in [0, 0.05) is 17.0 Å². The quantitative estimate of drug-likeness (QED) is 0.363. The molecule has 0 N–H and O–H groups in total. The van der Waals surface area contributed by atoms with Crippen LogP contribution in [0.5, 0.6) is 0 Å². The van der Waals surface area contributed by atoms with Crippen molar-refractivity contribution in [2.24, 2.45) is 0 Å². The van der Waals surface area contributed by atoms with E-state index < -0.39 is 17.5 Å². The molecular formula is C24H17F3. The van der Waals surface area contributed by atoms with E-state index in [1.807, 2.05) is 12.1 Å². The minimum Gasteiger partial charge on any atom is -0.207 e. The second-order valence-corrected chi connectivity index (χ2v) is 6.57. The summed E-state index contributed by atoms with van der Waals surface area (Å²) in [5.74, 6) is -1.93. The van der Waals surface area contributed by atoms with Gasteiger partial charge in [-0.05, 0) is 52.3 Å². The van der Waals surface area contributed by atoms with Crippen molar-refractivity contribution in [3.63, 3.8) is 0 Å². The molecule has 0 aliphatic rings. The first-order valence-corrected chi connectivity index (χ1v) is 8.83. The number of halogens is 3. The molecule has 27 heavy (non-hydrogen) atoms. The predicted molar refractivity (Wildman–Crippen MR) is 104 cm³/mol. The molecule has 0 aliphatic heterocycles. The van der Waals surface area contributed by atoms with Crippen molar-refractivity contribution in [1.82, 2.24) is 0 Å². The molecular weight excluding hydrogens is 345 g/mol. The summed E-state index contributed by atoms with van der Waals surface area (Å²) in [5.41, 5.74) is 3.68. The molecule has 0 fully saturated rings. The number of fused-ring (bicyclic) bond motifs is 1. The smallest absolute Gasteiger partial charge is 0.138 e. The van der Waals surface area contributed by atoms with Crippen LogP contribution < -0.4 is 0 Å². The maximum atomic E-state index is 15.0. The molecule has 4 aromatic rings. The second kappa shape index (κ2) is 6.92. The lowest BCUT2D eigenvalue weighted by Gasteiger charge is -2.10. The Labute approximate surface area is 155 Å². The van der Waals surface area contributed by atoms with Crippen molar-refractivity contribution in [1.29, 1.82) is 0 Å². The van der Waals surface area contributed by atoms with E-state index in [4.69, 9.17) is 0 Å². The minimum atomic E-state index is -0.727. The highest BCUT2D eigenvalue weighted by atomic mass is 19.1. The van der Waals surface area contributed by atoms with Crippen molar-refractivity contribution < 1.29 is 13.2 Å². The van der Waals surface area contributed by atoms with Gasteiger partial charge in [0.15, 0.2) is 0 Å². The standard InChI is InChI=1S/C24H17F3/c1-2-15-3-5-16(6-4-15)17-7-9-22-18(11-17)8-10-23(24(22)27)19-12-20(25)14-21(26)13-19/h3-14H,2H2,1H3. The maximum Gasteiger partial charge on any atom is 0.138 e. The summed E-state index contributed by atoms with van der Waals surface area (Å²) in [6.45, 7) is 2.11. The van der Waals surface area contributed by atoms with Gasteiger partial charge in [0.2, 0.25) is 0 Å². The van der Waals surface area contributed by atoms with E-state index in [1.54, 1.807) is 18.2 Å². The van der Waals surface area contributed by atoms with Crippen LogP contribution in [-0.4, -0.2) is 0 Å². The zero-order valence-corrected chi connectivity index (χ0v) is 14.8. The van der Waals surface area contributed by atoms with Crippen LogP contribution in [0, 0.1) is 17.5 Å². The minimum absolute atomic E-state index is 0.181. The predicted octanol–water partition coefficient (Wildman–Crippen LogP) is 7.15. The summed E-state index contributed by atoms with van der Waals surface area (Å²) in [6, 6.07) is 20.2. The average Bonchev–Trinajstić information content (AvgIpc) is 2.67. The van der Waals surface area contributed by atoms with Crippen LogP contribution in [-0.2, 0) is 6.42 Å². The lowest BCUT2D eigenvalue weighted by molar-refractivity contribution is 0.583. The Morgan fingerprint density at radius 3 is 1.96 bits per heavy atom. The number of benzene rings is 4. The molecule has 0 unspecified atom stereocenters.